The lowest BCUT2D eigenvalue weighted by Gasteiger charge is -2.12. The number of unbranched alkanes of at least 4 members (excludes halogenated alkanes) is 18. The van der Waals surface area contributed by atoms with Crippen molar-refractivity contribution in [1.82, 2.24) is 0 Å². The molecule has 0 saturated carbocycles. The lowest BCUT2D eigenvalue weighted by molar-refractivity contribution is 0.0485. The highest BCUT2D eigenvalue weighted by Gasteiger charge is 2.18. The van der Waals surface area contributed by atoms with E-state index in [9.17, 15) is 9.59 Å². The van der Waals surface area contributed by atoms with Gasteiger partial charge in [-0.3, -0.25) is 0 Å². The highest BCUT2D eigenvalue weighted by atomic mass is 32.2. The Morgan fingerprint density at radius 2 is 0.767 bits per heavy atom. The zero-order valence-corrected chi connectivity index (χ0v) is 28.0. The summed E-state index contributed by atoms with van der Waals surface area (Å²) in [6, 6.07) is 15.0. The molecule has 4 nitrogen and oxygen atoms in total. The molecule has 0 N–H and O–H groups in total. The van der Waals surface area contributed by atoms with Gasteiger partial charge in [0.05, 0.1) is 24.3 Å². The molecule has 2 aromatic rings. The van der Waals surface area contributed by atoms with Gasteiger partial charge < -0.3 is 9.47 Å². The number of hydrogen-bond acceptors (Lipinski definition) is 5. The fourth-order valence-corrected chi connectivity index (χ4v) is 6.28. The molecule has 0 aromatic heterocycles. The smallest absolute Gasteiger partial charge is 0.339 e. The van der Waals surface area contributed by atoms with E-state index in [-0.39, 0.29) is 11.9 Å². The normalized spacial score (nSPS) is 11.0. The van der Waals surface area contributed by atoms with Crippen LogP contribution < -0.4 is 0 Å². The van der Waals surface area contributed by atoms with Crippen LogP contribution in [0.25, 0.3) is 0 Å². The van der Waals surface area contributed by atoms with E-state index in [1.165, 1.54) is 114 Å². The van der Waals surface area contributed by atoms with Crippen LogP contribution in [0.2, 0.25) is 0 Å². The Kier molecular flexibility index (Phi) is 21.5. The number of carbonyl (C=O) groups excluding carboxylic acids is 2. The molecule has 0 radical (unpaired) electrons. The Hall–Kier alpha value is -2.27. The number of hydrogen-bond donors (Lipinski definition) is 0. The van der Waals surface area contributed by atoms with E-state index >= 15 is 0 Å². The number of rotatable bonds is 26. The largest absolute Gasteiger partial charge is 0.462 e. The van der Waals surface area contributed by atoms with Crippen molar-refractivity contribution in [2.75, 3.05) is 13.2 Å². The molecule has 0 aliphatic heterocycles. The van der Waals surface area contributed by atoms with Crippen molar-refractivity contribution in [2.45, 2.75) is 152 Å². The molecule has 0 amide bonds. The SMILES string of the molecule is CCCCCCCCCCCCOC(=O)c1ccccc1Sc1ccccc1C(=O)OCCCCCCCCCCCC. The molecule has 0 heterocycles. The van der Waals surface area contributed by atoms with Crippen molar-refractivity contribution in [3.8, 4) is 0 Å². The van der Waals surface area contributed by atoms with Gasteiger partial charge in [0, 0.05) is 9.79 Å². The minimum atomic E-state index is -0.306. The van der Waals surface area contributed by atoms with Crippen molar-refractivity contribution in [3.63, 3.8) is 0 Å². The van der Waals surface area contributed by atoms with Gasteiger partial charge >= 0.3 is 11.9 Å². The van der Waals surface area contributed by atoms with Crippen LogP contribution in [0.4, 0.5) is 0 Å². The van der Waals surface area contributed by atoms with Gasteiger partial charge in [0.25, 0.3) is 0 Å². The minimum absolute atomic E-state index is 0.306. The van der Waals surface area contributed by atoms with E-state index in [0.717, 1.165) is 35.5 Å². The first kappa shape index (κ1) is 36.9. The monoisotopic (exact) mass is 610 g/mol. The van der Waals surface area contributed by atoms with Gasteiger partial charge in [-0.05, 0) is 37.1 Å². The third kappa shape index (κ3) is 17.0. The Balaban J connectivity index is 1.72. The number of carbonyl (C=O) groups is 2. The summed E-state index contributed by atoms with van der Waals surface area (Å²) in [6.45, 7) is 5.39. The van der Waals surface area contributed by atoms with Crippen LogP contribution in [0.15, 0.2) is 58.3 Å². The summed E-state index contributed by atoms with van der Waals surface area (Å²) in [6.07, 6.45) is 24.9. The predicted octanol–water partition coefficient (Wildman–Crippen LogP) is 12.0. The molecule has 2 rings (SSSR count). The van der Waals surface area contributed by atoms with Crippen LogP contribution in [-0.2, 0) is 9.47 Å². The van der Waals surface area contributed by atoms with E-state index in [2.05, 4.69) is 13.8 Å². The highest BCUT2D eigenvalue weighted by Crippen LogP contribution is 2.33. The van der Waals surface area contributed by atoms with Gasteiger partial charge in [-0.25, -0.2) is 9.59 Å². The average molecular weight is 611 g/mol. The summed E-state index contributed by atoms with van der Waals surface area (Å²) in [5, 5.41) is 0. The van der Waals surface area contributed by atoms with Crippen LogP contribution in [-0.4, -0.2) is 25.2 Å². The minimum Gasteiger partial charge on any atom is -0.462 e. The van der Waals surface area contributed by atoms with Crippen molar-refractivity contribution >= 4 is 23.7 Å². The number of benzene rings is 2. The lowest BCUT2D eigenvalue weighted by atomic mass is 10.1. The van der Waals surface area contributed by atoms with Crippen molar-refractivity contribution < 1.29 is 19.1 Å². The van der Waals surface area contributed by atoms with Crippen LogP contribution in [0.1, 0.15) is 163 Å². The van der Waals surface area contributed by atoms with E-state index in [1.54, 1.807) is 12.1 Å². The molecule has 0 atom stereocenters. The van der Waals surface area contributed by atoms with Crippen molar-refractivity contribution in [1.29, 1.82) is 0 Å². The molecule has 0 fully saturated rings. The maximum atomic E-state index is 12.9. The maximum Gasteiger partial charge on any atom is 0.339 e. The second-order valence-electron chi connectivity index (χ2n) is 11.7. The maximum absolute atomic E-state index is 12.9. The molecule has 5 heteroatoms. The Morgan fingerprint density at radius 1 is 0.465 bits per heavy atom. The first-order valence-electron chi connectivity index (χ1n) is 17.4. The van der Waals surface area contributed by atoms with Gasteiger partial charge in [0.15, 0.2) is 0 Å². The summed E-state index contributed by atoms with van der Waals surface area (Å²) in [7, 11) is 0. The summed E-state index contributed by atoms with van der Waals surface area (Å²) in [5.41, 5.74) is 1.07. The quantitative estimate of drug-likeness (QED) is 0.0783. The highest BCUT2D eigenvalue weighted by molar-refractivity contribution is 7.99. The molecule has 0 aliphatic carbocycles. The molecule has 0 aliphatic rings. The van der Waals surface area contributed by atoms with Gasteiger partial charge in [0.2, 0.25) is 0 Å². The second-order valence-corrected chi connectivity index (χ2v) is 12.8. The molecule has 0 spiro atoms. The molecule has 2 aromatic carbocycles. The van der Waals surface area contributed by atoms with Crippen LogP contribution >= 0.6 is 11.8 Å². The van der Waals surface area contributed by atoms with Crippen molar-refractivity contribution in [2.24, 2.45) is 0 Å². The summed E-state index contributed by atoms with van der Waals surface area (Å²) >= 11 is 1.42. The van der Waals surface area contributed by atoms with Gasteiger partial charge in [-0.2, -0.15) is 0 Å². The van der Waals surface area contributed by atoms with E-state index in [1.807, 2.05) is 36.4 Å². The summed E-state index contributed by atoms with van der Waals surface area (Å²) in [4.78, 5) is 27.4. The topological polar surface area (TPSA) is 52.6 Å². The zero-order valence-electron chi connectivity index (χ0n) is 27.2. The Morgan fingerprint density at radius 3 is 1.12 bits per heavy atom. The van der Waals surface area contributed by atoms with Gasteiger partial charge in [0.1, 0.15) is 0 Å². The van der Waals surface area contributed by atoms with E-state index in [0.29, 0.717) is 24.3 Å². The molecule has 0 bridgehead atoms. The fourth-order valence-electron chi connectivity index (χ4n) is 5.23. The summed E-state index contributed by atoms with van der Waals surface area (Å²) < 4.78 is 11.3. The number of esters is 2. The first-order chi connectivity index (χ1) is 21.2. The molecular formula is C38H58O4S. The second kappa shape index (κ2) is 25.1. The fraction of sp³-hybridized carbons (Fsp3) is 0.632. The van der Waals surface area contributed by atoms with Crippen LogP contribution in [0, 0.1) is 0 Å². The third-order valence-electron chi connectivity index (χ3n) is 7.90. The van der Waals surface area contributed by atoms with Crippen LogP contribution in [0.5, 0.6) is 0 Å². The average Bonchev–Trinajstić information content (AvgIpc) is 3.02. The Bertz CT molecular complexity index is 925. The number of ether oxygens (including phenoxy) is 2. The predicted molar refractivity (Wildman–Crippen MR) is 181 cm³/mol. The molecule has 0 saturated heterocycles. The molecule has 240 valence electrons. The third-order valence-corrected chi connectivity index (χ3v) is 9.05. The lowest BCUT2D eigenvalue weighted by Crippen LogP contribution is -2.09. The zero-order chi connectivity index (χ0) is 30.8. The van der Waals surface area contributed by atoms with Gasteiger partial charge in [-0.15, -0.1) is 0 Å². The molecule has 43 heavy (non-hydrogen) atoms. The summed E-state index contributed by atoms with van der Waals surface area (Å²) in [5.74, 6) is -0.611. The standard InChI is InChI=1S/C38H58O4S/c1-3-5-7-9-11-13-15-17-19-25-31-41-37(39)33-27-21-23-29-35(33)43-36-30-24-22-28-34(36)38(40)42-32-26-20-18-16-14-12-10-8-6-4-2/h21-24,27-30H,3-20,25-26,31-32H2,1-2H3. The molecule has 0 unspecified atom stereocenters. The van der Waals surface area contributed by atoms with Crippen LogP contribution in [0.3, 0.4) is 0 Å². The van der Waals surface area contributed by atoms with E-state index < -0.39 is 0 Å². The first-order valence-corrected chi connectivity index (χ1v) is 18.2. The molecular weight excluding hydrogens is 552 g/mol. The van der Waals surface area contributed by atoms with Gasteiger partial charge in [-0.1, -0.05) is 165 Å². The van der Waals surface area contributed by atoms with Crippen molar-refractivity contribution in [3.05, 3.63) is 59.7 Å². The van der Waals surface area contributed by atoms with E-state index in [4.69, 9.17) is 9.47 Å². The Labute approximate surface area is 267 Å².